The Morgan fingerprint density at radius 3 is 1.86 bits per heavy atom. The summed E-state index contributed by atoms with van der Waals surface area (Å²) in [6.45, 7) is 0. The van der Waals surface area contributed by atoms with Gasteiger partial charge in [0, 0.05) is 0 Å². The van der Waals surface area contributed by atoms with E-state index in [4.69, 9.17) is 31.5 Å². The Hall–Kier alpha value is 0.968. The SMILES string of the molecule is O=[As](Cl)(Cl)C=CCl. The fraction of sp³-hybridized carbons (Fsp3) is 0. The zero-order valence-corrected chi connectivity index (χ0v) is 7.29. The predicted octanol–water partition coefficient (Wildman–Crippen LogP) is 2.13. The normalized spacial score (nSPS) is 13.0. The van der Waals surface area contributed by atoms with Crippen molar-refractivity contribution in [2.24, 2.45) is 0 Å². The molecule has 0 atom stereocenters. The Kier molecular flexibility index (Phi) is 3.51. The second-order valence-corrected chi connectivity index (χ2v) is 9.88. The number of hydrogen-bond donors (Lipinski definition) is 0. The molecular formula is C2H2AsCl3O. The van der Waals surface area contributed by atoms with Crippen LogP contribution in [0.4, 0.5) is 0 Å². The van der Waals surface area contributed by atoms with Gasteiger partial charge in [-0.05, 0) is 0 Å². The van der Waals surface area contributed by atoms with E-state index in [1.54, 1.807) is 0 Å². The van der Waals surface area contributed by atoms with Crippen LogP contribution >= 0.6 is 31.5 Å². The first kappa shape index (κ1) is 7.97. The summed E-state index contributed by atoms with van der Waals surface area (Å²) in [6.07, 6.45) is 0. The third kappa shape index (κ3) is 6.97. The summed E-state index contributed by atoms with van der Waals surface area (Å²) in [4.78, 5) is 1.10. The Morgan fingerprint density at radius 2 is 1.86 bits per heavy atom. The van der Waals surface area contributed by atoms with E-state index in [-0.39, 0.29) is 0 Å². The molecule has 0 N–H and O–H groups in total. The molecular weight excluding hydrogens is 221 g/mol. The molecule has 0 aromatic heterocycles. The van der Waals surface area contributed by atoms with Crippen molar-refractivity contribution in [3.63, 3.8) is 0 Å². The summed E-state index contributed by atoms with van der Waals surface area (Å²) in [5.41, 5.74) is 1.06. The van der Waals surface area contributed by atoms with E-state index in [2.05, 4.69) is 0 Å². The van der Waals surface area contributed by atoms with E-state index in [0.717, 1.165) is 10.4 Å². The molecule has 0 spiro atoms. The molecule has 0 fully saturated rings. The fourth-order valence-corrected chi connectivity index (χ4v) is 2.35. The van der Waals surface area contributed by atoms with Crippen molar-refractivity contribution in [1.29, 1.82) is 0 Å². The number of rotatable bonds is 1. The van der Waals surface area contributed by atoms with Crippen LogP contribution in [0, 0.1) is 0 Å². The molecule has 0 aliphatic rings. The van der Waals surface area contributed by atoms with Gasteiger partial charge in [-0.2, -0.15) is 0 Å². The van der Waals surface area contributed by atoms with Gasteiger partial charge in [0.2, 0.25) is 0 Å². The molecule has 0 aliphatic heterocycles. The maximum absolute atomic E-state index is 10.2. The molecule has 0 bridgehead atoms. The van der Waals surface area contributed by atoms with Crippen LogP contribution in [0.3, 0.4) is 0 Å². The van der Waals surface area contributed by atoms with Crippen molar-refractivity contribution >= 4 is 43.1 Å². The van der Waals surface area contributed by atoms with E-state index in [1.807, 2.05) is 0 Å². The molecule has 0 saturated heterocycles. The Bertz CT molecular complexity index is 114. The maximum atomic E-state index is 10.2. The molecule has 42 valence electrons. The quantitative estimate of drug-likeness (QED) is 0.622. The summed E-state index contributed by atoms with van der Waals surface area (Å²) in [6, 6.07) is 0. The topological polar surface area (TPSA) is 17.1 Å². The molecule has 5 heteroatoms. The molecule has 0 amide bonds. The van der Waals surface area contributed by atoms with Crippen molar-refractivity contribution in [3.8, 4) is 0 Å². The van der Waals surface area contributed by atoms with Crippen LogP contribution in [0.15, 0.2) is 10.4 Å². The van der Waals surface area contributed by atoms with Crippen molar-refractivity contribution in [3.05, 3.63) is 10.4 Å². The van der Waals surface area contributed by atoms with Gasteiger partial charge in [-0.25, -0.2) is 0 Å². The van der Waals surface area contributed by atoms with E-state index in [9.17, 15) is 3.74 Å². The van der Waals surface area contributed by atoms with Gasteiger partial charge in [0.25, 0.3) is 0 Å². The average Bonchev–Trinajstić information content (AvgIpc) is 1.30. The van der Waals surface area contributed by atoms with E-state index < -0.39 is 11.6 Å². The van der Waals surface area contributed by atoms with Gasteiger partial charge in [-0.15, -0.1) is 0 Å². The van der Waals surface area contributed by atoms with Gasteiger partial charge in [-0.3, -0.25) is 0 Å². The molecule has 0 rings (SSSR count). The average molecular weight is 223 g/mol. The second kappa shape index (κ2) is 3.09. The summed E-state index contributed by atoms with van der Waals surface area (Å²) in [7, 11) is 10.1. The van der Waals surface area contributed by atoms with Crippen molar-refractivity contribution in [2.75, 3.05) is 0 Å². The minimum absolute atomic E-state index is 1.06. The Balaban J connectivity index is 3.82. The molecule has 0 radical (unpaired) electrons. The monoisotopic (exact) mass is 222 g/mol. The molecule has 7 heavy (non-hydrogen) atoms. The van der Waals surface area contributed by atoms with E-state index in [0.29, 0.717) is 0 Å². The summed E-state index contributed by atoms with van der Waals surface area (Å²) >= 11 is 1.42. The van der Waals surface area contributed by atoms with Crippen LogP contribution in [-0.2, 0) is 3.74 Å². The molecule has 1 nitrogen and oxygen atoms in total. The third-order valence-corrected chi connectivity index (χ3v) is 2.95. The van der Waals surface area contributed by atoms with Crippen molar-refractivity contribution in [2.45, 2.75) is 0 Å². The fourth-order valence-electron chi connectivity index (χ4n) is 0.0656. The molecule has 0 aromatic carbocycles. The zero-order chi connectivity index (χ0) is 5.91. The van der Waals surface area contributed by atoms with Crippen LogP contribution in [0.5, 0.6) is 0 Å². The van der Waals surface area contributed by atoms with Crippen LogP contribution in [0.2, 0.25) is 0 Å². The summed E-state index contributed by atoms with van der Waals surface area (Å²) in [5.74, 6) is 0. The van der Waals surface area contributed by atoms with Crippen molar-refractivity contribution in [1.82, 2.24) is 0 Å². The van der Waals surface area contributed by atoms with Crippen LogP contribution < -0.4 is 0 Å². The van der Waals surface area contributed by atoms with Gasteiger partial charge in [0.05, 0.1) is 0 Å². The van der Waals surface area contributed by atoms with Crippen LogP contribution in [-0.4, -0.2) is 11.6 Å². The molecule has 0 aliphatic carbocycles. The Labute approximate surface area is 57.2 Å². The molecule has 0 aromatic rings. The number of halogens is 3. The van der Waals surface area contributed by atoms with Crippen molar-refractivity contribution < 1.29 is 3.74 Å². The van der Waals surface area contributed by atoms with Gasteiger partial charge >= 0.3 is 57.2 Å². The van der Waals surface area contributed by atoms with Crippen LogP contribution in [0.25, 0.3) is 0 Å². The molecule has 0 unspecified atom stereocenters. The summed E-state index contributed by atoms with van der Waals surface area (Å²) < 4.78 is 10.2. The standard InChI is InChI=1S/C2H2AsCl3O/c4-2-1-3(5,6)7/h1-2H. The third-order valence-electron chi connectivity index (χ3n) is 0.230. The number of hydrogen-bond acceptors (Lipinski definition) is 1. The van der Waals surface area contributed by atoms with Gasteiger partial charge < -0.3 is 0 Å². The first-order valence-corrected chi connectivity index (χ1v) is 8.55. The zero-order valence-electron chi connectivity index (χ0n) is 3.14. The van der Waals surface area contributed by atoms with Gasteiger partial charge in [0.1, 0.15) is 0 Å². The van der Waals surface area contributed by atoms with E-state index >= 15 is 0 Å². The van der Waals surface area contributed by atoms with E-state index in [1.165, 1.54) is 0 Å². The van der Waals surface area contributed by atoms with Gasteiger partial charge in [-0.1, -0.05) is 0 Å². The molecule has 0 saturated carbocycles. The first-order chi connectivity index (χ1) is 3.06. The Morgan fingerprint density at radius 1 is 1.43 bits per heavy atom. The minimum atomic E-state index is -3.56. The first-order valence-electron chi connectivity index (χ1n) is 1.33. The molecule has 0 heterocycles. The summed E-state index contributed by atoms with van der Waals surface area (Å²) in [5, 5.41) is 0. The van der Waals surface area contributed by atoms with Crippen LogP contribution in [0.1, 0.15) is 0 Å². The second-order valence-electron chi connectivity index (χ2n) is 0.778. The van der Waals surface area contributed by atoms with Gasteiger partial charge in [0.15, 0.2) is 0 Å². The predicted molar refractivity (Wildman–Crippen MR) is 33.1 cm³/mol.